The van der Waals surface area contributed by atoms with Crippen LogP contribution in [0.25, 0.3) is 0 Å². The van der Waals surface area contributed by atoms with Gasteiger partial charge < -0.3 is 5.11 Å². The molecule has 0 amide bonds. The van der Waals surface area contributed by atoms with E-state index in [1.165, 1.54) is 18.6 Å². The predicted molar refractivity (Wildman–Crippen MR) is 72.7 cm³/mol. The maximum absolute atomic E-state index is 14.1. The van der Waals surface area contributed by atoms with Crippen molar-refractivity contribution >= 4 is 15.9 Å². The van der Waals surface area contributed by atoms with Crippen molar-refractivity contribution in [2.45, 2.75) is 32.1 Å². The van der Waals surface area contributed by atoms with Crippen LogP contribution >= 0.6 is 15.9 Å². The van der Waals surface area contributed by atoms with Crippen molar-refractivity contribution in [3.8, 4) is 0 Å². The van der Waals surface area contributed by atoms with Gasteiger partial charge in [-0.1, -0.05) is 6.42 Å². The first-order valence-corrected chi connectivity index (χ1v) is 7.58. The molecule has 4 heteroatoms. The molecule has 0 aromatic heterocycles. The number of hydrogen-bond donors (Lipinski definition) is 1. The molecule has 3 rings (SSSR count). The molecule has 0 saturated heterocycles. The third-order valence-corrected chi connectivity index (χ3v) is 5.70. The monoisotopic (exact) mass is 330 g/mol. The van der Waals surface area contributed by atoms with Gasteiger partial charge in [-0.05, 0) is 65.6 Å². The van der Waals surface area contributed by atoms with Gasteiger partial charge in [0.05, 0.1) is 4.47 Å². The minimum absolute atomic E-state index is 0.0273. The van der Waals surface area contributed by atoms with Gasteiger partial charge in [0.2, 0.25) is 0 Å². The fourth-order valence-corrected chi connectivity index (χ4v) is 4.48. The standard InChI is InChI=1S/C15H17BrF2O/c16-12-3-4-13(17)11(14(12)18)7-15(8-19)6-9-1-2-10(15)5-9/h3-4,9-10,19H,1-2,5-8H2. The lowest BCUT2D eigenvalue weighted by Gasteiger charge is -2.36. The van der Waals surface area contributed by atoms with Gasteiger partial charge in [-0.25, -0.2) is 8.78 Å². The van der Waals surface area contributed by atoms with Gasteiger partial charge in [-0.2, -0.15) is 0 Å². The van der Waals surface area contributed by atoms with E-state index in [1.54, 1.807) is 0 Å². The molecule has 2 saturated carbocycles. The first kappa shape index (κ1) is 13.5. The molecule has 1 aromatic rings. The molecule has 19 heavy (non-hydrogen) atoms. The molecule has 0 aliphatic heterocycles. The molecule has 1 nitrogen and oxygen atoms in total. The second kappa shape index (κ2) is 4.81. The van der Waals surface area contributed by atoms with E-state index >= 15 is 0 Å². The van der Waals surface area contributed by atoms with Gasteiger partial charge in [-0.3, -0.25) is 0 Å². The van der Waals surface area contributed by atoms with Crippen LogP contribution in [0.2, 0.25) is 0 Å². The number of halogens is 3. The van der Waals surface area contributed by atoms with E-state index in [1.807, 2.05) is 0 Å². The SMILES string of the molecule is OCC1(Cc2c(F)ccc(Br)c2F)CC2CCC1C2. The lowest BCUT2D eigenvalue weighted by molar-refractivity contribution is 0.0634. The van der Waals surface area contributed by atoms with Crippen molar-refractivity contribution in [3.05, 3.63) is 33.8 Å². The van der Waals surface area contributed by atoms with E-state index in [-0.39, 0.29) is 17.6 Å². The number of benzene rings is 1. The maximum atomic E-state index is 14.1. The van der Waals surface area contributed by atoms with Gasteiger partial charge in [-0.15, -0.1) is 0 Å². The highest BCUT2D eigenvalue weighted by atomic mass is 79.9. The average molecular weight is 331 g/mol. The predicted octanol–water partition coefficient (Wildman–Crippen LogP) is 4.07. The molecule has 104 valence electrons. The highest BCUT2D eigenvalue weighted by Crippen LogP contribution is 2.57. The summed E-state index contributed by atoms with van der Waals surface area (Å²) in [6.07, 6.45) is 4.61. The van der Waals surface area contributed by atoms with Crippen LogP contribution < -0.4 is 0 Å². The van der Waals surface area contributed by atoms with E-state index in [0.29, 0.717) is 22.7 Å². The summed E-state index contributed by atoms with van der Waals surface area (Å²) in [6, 6.07) is 2.68. The molecule has 2 aliphatic rings. The van der Waals surface area contributed by atoms with Crippen molar-refractivity contribution in [1.29, 1.82) is 0 Å². The molecule has 0 radical (unpaired) electrons. The number of hydrogen-bond acceptors (Lipinski definition) is 1. The summed E-state index contributed by atoms with van der Waals surface area (Å²) in [5.41, 5.74) is -0.193. The first-order chi connectivity index (χ1) is 9.05. The van der Waals surface area contributed by atoms with Crippen LogP contribution in [0.1, 0.15) is 31.2 Å². The minimum atomic E-state index is -0.518. The van der Waals surface area contributed by atoms with Gasteiger partial charge in [0, 0.05) is 17.6 Å². The number of rotatable bonds is 3. The molecule has 0 heterocycles. The van der Waals surface area contributed by atoms with E-state index in [4.69, 9.17) is 0 Å². The Bertz CT molecular complexity index is 505. The molecule has 0 spiro atoms. The zero-order chi connectivity index (χ0) is 13.6. The van der Waals surface area contributed by atoms with Crippen LogP contribution in [0.15, 0.2) is 16.6 Å². The maximum Gasteiger partial charge on any atom is 0.143 e. The van der Waals surface area contributed by atoms with Crippen molar-refractivity contribution < 1.29 is 13.9 Å². The number of fused-ring (bicyclic) bond motifs is 2. The lowest BCUT2D eigenvalue weighted by atomic mass is 9.70. The zero-order valence-electron chi connectivity index (χ0n) is 10.6. The summed E-state index contributed by atoms with van der Waals surface area (Å²) >= 11 is 3.11. The average Bonchev–Trinajstić information content (AvgIpc) is 3.00. The van der Waals surface area contributed by atoms with Crippen LogP contribution in [-0.4, -0.2) is 11.7 Å². The second-order valence-electron chi connectivity index (χ2n) is 6.10. The molecule has 2 fully saturated rings. The smallest absolute Gasteiger partial charge is 0.143 e. The van der Waals surface area contributed by atoms with Crippen molar-refractivity contribution in [2.75, 3.05) is 6.61 Å². The molecular formula is C15H17BrF2O. The summed E-state index contributed by atoms with van der Waals surface area (Å²) in [4.78, 5) is 0. The Labute approximate surface area is 120 Å². The van der Waals surface area contributed by atoms with Gasteiger partial charge in [0.1, 0.15) is 11.6 Å². The Kier molecular flexibility index (Phi) is 3.42. The Morgan fingerprint density at radius 1 is 1.32 bits per heavy atom. The summed E-state index contributed by atoms with van der Waals surface area (Å²) in [5, 5.41) is 9.79. The Morgan fingerprint density at radius 2 is 2.11 bits per heavy atom. The fraction of sp³-hybridized carbons (Fsp3) is 0.600. The Balaban J connectivity index is 1.94. The molecule has 3 atom stereocenters. The van der Waals surface area contributed by atoms with Crippen LogP contribution in [0, 0.1) is 28.9 Å². The summed E-state index contributed by atoms with van der Waals surface area (Å²) in [7, 11) is 0. The number of aliphatic hydroxyl groups is 1. The van der Waals surface area contributed by atoms with E-state index in [0.717, 1.165) is 19.3 Å². The van der Waals surface area contributed by atoms with Gasteiger partial charge in [0.15, 0.2) is 0 Å². The fourth-order valence-electron chi connectivity index (χ4n) is 4.11. The van der Waals surface area contributed by atoms with Gasteiger partial charge >= 0.3 is 0 Å². The largest absolute Gasteiger partial charge is 0.396 e. The normalized spacial score (nSPS) is 33.1. The van der Waals surface area contributed by atoms with Crippen molar-refractivity contribution in [3.63, 3.8) is 0 Å². The third-order valence-electron chi connectivity index (χ3n) is 5.09. The van der Waals surface area contributed by atoms with E-state index < -0.39 is 11.6 Å². The van der Waals surface area contributed by atoms with E-state index in [2.05, 4.69) is 15.9 Å². The number of aliphatic hydroxyl groups excluding tert-OH is 1. The highest BCUT2D eigenvalue weighted by molar-refractivity contribution is 9.10. The van der Waals surface area contributed by atoms with E-state index in [9.17, 15) is 13.9 Å². The van der Waals surface area contributed by atoms with Crippen LogP contribution in [-0.2, 0) is 6.42 Å². The lowest BCUT2D eigenvalue weighted by Crippen LogP contribution is -2.34. The van der Waals surface area contributed by atoms with Gasteiger partial charge in [0.25, 0.3) is 0 Å². The quantitative estimate of drug-likeness (QED) is 0.828. The Hall–Kier alpha value is -0.480. The third kappa shape index (κ3) is 2.13. The molecule has 3 unspecified atom stereocenters. The molecular weight excluding hydrogens is 314 g/mol. The molecule has 2 bridgehead atoms. The second-order valence-corrected chi connectivity index (χ2v) is 6.95. The summed E-state index contributed by atoms with van der Waals surface area (Å²) in [6.45, 7) is 0.0273. The zero-order valence-corrected chi connectivity index (χ0v) is 12.2. The topological polar surface area (TPSA) is 20.2 Å². The van der Waals surface area contributed by atoms with Crippen LogP contribution in [0.5, 0.6) is 0 Å². The molecule has 1 N–H and O–H groups in total. The van der Waals surface area contributed by atoms with Crippen molar-refractivity contribution in [1.82, 2.24) is 0 Å². The Morgan fingerprint density at radius 3 is 2.68 bits per heavy atom. The summed E-state index contributed by atoms with van der Waals surface area (Å²) in [5.74, 6) is 0.0302. The minimum Gasteiger partial charge on any atom is -0.396 e. The first-order valence-electron chi connectivity index (χ1n) is 6.79. The van der Waals surface area contributed by atoms with Crippen LogP contribution in [0.3, 0.4) is 0 Å². The molecule has 1 aromatic carbocycles. The highest BCUT2D eigenvalue weighted by Gasteiger charge is 2.50. The van der Waals surface area contributed by atoms with Crippen LogP contribution in [0.4, 0.5) is 8.78 Å². The summed E-state index contributed by atoms with van der Waals surface area (Å²) < 4.78 is 28.3. The van der Waals surface area contributed by atoms with Crippen molar-refractivity contribution in [2.24, 2.45) is 17.3 Å². The molecule has 2 aliphatic carbocycles.